The molecule has 0 heterocycles. The number of carbonyl (C=O) groups excluding carboxylic acids is 1. The fourth-order valence-corrected chi connectivity index (χ4v) is 1.80. The summed E-state index contributed by atoms with van der Waals surface area (Å²) < 4.78 is 10.6. The Labute approximate surface area is 128 Å². The van der Waals surface area contributed by atoms with Gasteiger partial charge in [0.2, 0.25) is 0 Å². The molecule has 0 fully saturated rings. The average molecular weight is 300 g/mol. The first-order chi connectivity index (χ1) is 10.6. The van der Waals surface area contributed by atoms with Gasteiger partial charge in [0, 0.05) is 0 Å². The van der Waals surface area contributed by atoms with Gasteiger partial charge < -0.3 is 14.6 Å². The van der Waals surface area contributed by atoms with E-state index < -0.39 is 18.0 Å². The van der Waals surface area contributed by atoms with Gasteiger partial charge in [0.1, 0.15) is 12.4 Å². The minimum Gasteiger partial charge on any atom is -0.479 e. The molecule has 0 spiro atoms. The maximum Gasteiger partial charge on any atom is 0.347 e. The second kappa shape index (κ2) is 7.26. The number of carbonyl (C=O) groups is 2. The number of rotatable bonds is 6. The molecular weight excluding hydrogens is 284 g/mol. The Kier molecular flexibility index (Phi) is 5.14. The Balaban J connectivity index is 1.91. The van der Waals surface area contributed by atoms with E-state index in [2.05, 4.69) is 0 Å². The summed E-state index contributed by atoms with van der Waals surface area (Å²) >= 11 is 0. The van der Waals surface area contributed by atoms with Gasteiger partial charge in [-0.25, -0.2) is 9.59 Å². The minimum absolute atomic E-state index is 0.0994. The van der Waals surface area contributed by atoms with E-state index in [-0.39, 0.29) is 12.2 Å². The first-order valence-corrected chi connectivity index (χ1v) is 6.77. The Morgan fingerprint density at radius 2 is 1.82 bits per heavy atom. The van der Waals surface area contributed by atoms with Crippen LogP contribution in [0.25, 0.3) is 0 Å². The highest BCUT2D eigenvalue weighted by atomic mass is 16.6. The number of hydrogen-bond donors (Lipinski definition) is 1. The Morgan fingerprint density at radius 3 is 2.50 bits per heavy atom. The topological polar surface area (TPSA) is 72.8 Å². The van der Waals surface area contributed by atoms with Crippen LogP contribution >= 0.6 is 0 Å². The molecule has 0 amide bonds. The van der Waals surface area contributed by atoms with E-state index in [4.69, 9.17) is 14.6 Å². The van der Waals surface area contributed by atoms with E-state index in [1.54, 1.807) is 19.1 Å². The average Bonchev–Trinajstić information content (AvgIpc) is 2.53. The van der Waals surface area contributed by atoms with Gasteiger partial charge in [0.05, 0.1) is 5.56 Å². The molecule has 0 aliphatic heterocycles. The summed E-state index contributed by atoms with van der Waals surface area (Å²) in [5.74, 6) is -1.25. The number of hydrogen-bond acceptors (Lipinski definition) is 4. The summed E-state index contributed by atoms with van der Waals surface area (Å²) in [7, 11) is 0. The molecule has 5 heteroatoms. The molecule has 0 saturated carbocycles. The monoisotopic (exact) mass is 300 g/mol. The molecule has 22 heavy (non-hydrogen) atoms. The SMILES string of the molecule is CC(Oc1cccc(C(=O)O)c1)C(=O)OCc1ccccc1. The summed E-state index contributed by atoms with van der Waals surface area (Å²) in [6.45, 7) is 1.73. The second-order valence-electron chi connectivity index (χ2n) is 4.69. The molecule has 2 aromatic carbocycles. The highest BCUT2D eigenvalue weighted by Crippen LogP contribution is 2.15. The zero-order chi connectivity index (χ0) is 15.9. The van der Waals surface area contributed by atoms with Gasteiger partial charge in [-0.2, -0.15) is 0 Å². The predicted molar refractivity (Wildman–Crippen MR) is 79.7 cm³/mol. The Hall–Kier alpha value is -2.82. The molecule has 2 rings (SSSR count). The van der Waals surface area contributed by atoms with Crippen molar-refractivity contribution in [2.45, 2.75) is 19.6 Å². The zero-order valence-corrected chi connectivity index (χ0v) is 12.1. The summed E-state index contributed by atoms with van der Waals surface area (Å²) in [5.41, 5.74) is 0.985. The summed E-state index contributed by atoms with van der Waals surface area (Å²) in [6, 6.07) is 15.3. The fourth-order valence-electron chi connectivity index (χ4n) is 1.80. The van der Waals surface area contributed by atoms with E-state index in [1.165, 1.54) is 12.1 Å². The third-order valence-corrected chi connectivity index (χ3v) is 2.95. The molecule has 1 unspecified atom stereocenters. The van der Waals surface area contributed by atoms with Crippen molar-refractivity contribution in [3.8, 4) is 5.75 Å². The number of carboxylic acid groups (broad SMARTS) is 1. The number of aromatic carboxylic acids is 1. The van der Waals surface area contributed by atoms with E-state index in [0.29, 0.717) is 5.75 Å². The van der Waals surface area contributed by atoms with Crippen LogP contribution in [0.2, 0.25) is 0 Å². The standard InChI is InChI=1S/C17H16O5/c1-12(17(20)21-11-13-6-3-2-4-7-13)22-15-9-5-8-14(10-15)16(18)19/h2-10,12H,11H2,1H3,(H,18,19). The van der Waals surface area contributed by atoms with Gasteiger partial charge in [-0.05, 0) is 30.7 Å². The van der Waals surface area contributed by atoms with Crippen LogP contribution in [-0.4, -0.2) is 23.1 Å². The van der Waals surface area contributed by atoms with Crippen molar-refractivity contribution >= 4 is 11.9 Å². The smallest absolute Gasteiger partial charge is 0.347 e. The predicted octanol–water partition coefficient (Wildman–Crippen LogP) is 2.90. The zero-order valence-electron chi connectivity index (χ0n) is 12.1. The molecule has 1 atom stereocenters. The minimum atomic E-state index is -1.05. The van der Waals surface area contributed by atoms with Crippen LogP contribution in [0.5, 0.6) is 5.75 Å². The van der Waals surface area contributed by atoms with Crippen LogP contribution in [0, 0.1) is 0 Å². The van der Waals surface area contributed by atoms with Gasteiger partial charge in [0.25, 0.3) is 0 Å². The first kappa shape index (κ1) is 15.6. The largest absolute Gasteiger partial charge is 0.479 e. The number of esters is 1. The van der Waals surface area contributed by atoms with E-state index in [0.717, 1.165) is 5.56 Å². The van der Waals surface area contributed by atoms with Gasteiger partial charge in [0.15, 0.2) is 6.10 Å². The van der Waals surface area contributed by atoms with Crippen molar-refractivity contribution in [3.63, 3.8) is 0 Å². The van der Waals surface area contributed by atoms with Gasteiger partial charge >= 0.3 is 11.9 Å². The highest BCUT2D eigenvalue weighted by molar-refractivity contribution is 5.88. The molecular formula is C17H16O5. The summed E-state index contributed by atoms with van der Waals surface area (Å²) in [5, 5.41) is 8.92. The van der Waals surface area contributed by atoms with Gasteiger partial charge in [-0.3, -0.25) is 0 Å². The Morgan fingerprint density at radius 1 is 1.09 bits per heavy atom. The molecule has 5 nitrogen and oxygen atoms in total. The van der Waals surface area contributed by atoms with Crippen LogP contribution < -0.4 is 4.74 Å². The quantitative estimate of drug-likeness (QED) is 0.830. The third kappa shape index (κ3) is 4.34. The van der Waals surface area contributed by atoms with Crippen LogP contribution in [0.4, 0.5) is 0 Å². The lowest BCUT2D eigenvalue weighted by atomic mass is 10.2. The maximum absolute atomic E-state index is 11.9. The first-order valence-electron chi connectivity index (χ1n) is 6.77. The molecule has 0 radical (unpaired) electrons. The molecule has 0 bridgehead atoms. The summed E-state index contributed by atoms with van der Waals surface area (Å²) in [6.07, 6.45) is -0.826. The molecule has 114 valence electrons. The van der Waals surface area contributed by atoms with E-state index in [9.17, 15) is 9.59 Å². The van der Waals surface area contributed by atoms with Crippen molar-refractivity contribution < 1.29 is 24.2 Å². The van der Waals surface area contributed by atoms with Crippen molar-refractivity contribution in [3.05, 3.63) is 65.7 Å². The lowest BCUT2D eigenvalue weighted by molar-refractivity contribution is -0.152. The molecule has 0 aliphatic carbocycles. The molecule has 0 saturated heterocycles. The molecule has 2 aromatic rings. The lowest BCUT2D eigenvalue weighted by Crippen LogP contribution is -2.26. The number of benzene rings is 2. The highest BCUT2D eigenvalue weighted by Gasteiger charge is 2.17. The van der Waals surface area contributed by atoms with E-state index >= 15 is 0 Å². The molecule has 0 aliphatic rings. The van der Waals surface area contributed by atoms with Gasteiger partial charge in [-0.1, -0.05) is 36.4 Å². The maximum atomic E-state index is 11.9. The van der Waals surface area contributed by atoms with Crippen LogP contribution in [0.15, 0.2) is 54.6 Å². The normalized spacial score (nSPS) is 11.5. The van der Waals surface area contributed by atoms with Crippen LogP contribution in [0.1, 0.15) is 22.8 Å². The molecule has 0 aromatic heterocycles. The van der Waals surface area contributed by atoms with Gasteiger partial charge in [-0.15, -0.1) is 0 Å². The van der Waals surface area contributed by atoms with Crippen molar-refractivity contribution in [2.24, 2.45) is 0 Å². The van der Waals surface area contributed by atoms with Crippen LogP contribution in [0.3, 0.4) is 0 Å². The molecule has 1 N–H and O–H groups in total. The third-order valence-electron chi connectivity index (χ3n) is 2.95. The fraction of sp³-hybridized carbons (Fsp3) is 0.176. The lowest BCUT2D eigenvalue weighted by Gasteiger charge is -2.14. The van der Waals surface area contributed by atoms with E-state index in [1.807, 2.05) is 30.3 Å². The van der Waals surface area contributed by atoms with Crippen LogP contribution in [-0.2, 0) is 16.1 Å². The number of carboxylic acids is 1. The Bertz CT molecular complexity index is 651. The van der Waals surface area contributed by atoms with Crippen molar-refractivity contribution in [2.75, 3.05) is 0 Å². The second-order valence-corrected chi connectivity index (χ2v) is 4.69. The number of ether oxygens (including phenoxy) is 2. The van der Waals surface area contributed by atoms with Crippen molar-refractivity contribution in [1.29, 1.82) is 0 Å². The summed E-state index contributed by atoms with van der Waals surface area (Å²) in [4.78, 5) is 22.8. The van der Waals surface area contributed by atoms with Crippen molar-refractivity contribution in [1.82, 2.24) is 0 Å².